The molecule has 2 aromatic rings. The number of halogens is 3. The van der Waals surface area contributed by atoms with E-state index in [1.165, 1.54) is 0 Å². The number of aromatic amines is 1. The Kier molecular flexibility index (Phi) is 5.33. The maximum atomic E-state index is 13.4. The third-order valence-electron chi connectivity index (χ3n) is 3.70. The van der Waals surface area contributed by atoms with Crippen LogP contribution in [0, 0.1) is 6.92 Å². The van der Waals surface area contributed by atoms with Crippen molar-refractivity contribution in [3.05, 3.63) is 45.9 Å². The third-order valence-corrected chi connectivity index (χ3v) is 4.19. The number of rotatable bonds is 5. The van der Waals surface area contributed by atoms with Gasteiger partial charge in [0.25, 0.3) is 11.2 Å². The molecular weight excluding hydrogens is 411 g/mol. The van der Waals surface area contributed by atoms with E-state index in [0.717, 1.165) is 31.2 Å². The van der Waals surface area contributed by atoms with Gasteiger partial charge in [-0.3, -0.25) is 19.2 Å². The molecule has 14 heteroatoms. The van der Waals surface area contributed by atoms with Gasteiger partial charge in [0.1, 0.15) is 0 Å². The standard InChI is InChI=1S/C14H14F3N3O7S/c1-7-10(13(23,12(22)27-2)14(15,16)17)11(21)20(18-7)9-5-3-8(4-6-9)19-28(24,25)26/h3-6,18-19,23H,1-2H3,(H,24,25,26). The molecule has 1 aromatic carbocycles. The number of aromatic nitrogens is 2. The maximum Gasteiger partial charge on any atom is 0.432 e. The van der Waals surface area contributed by atoms with Gasteiger partial charge in [0, 0.05) is 5.69 Å². The minimum absolute atomic E-state index is 0.0466. The van der Waals surface area contributed by atoms with Gasteiger partial charge in [-0.2, -0.15) is 21.6 Å². The fraction of sp³-hybridized carbons (Fsp3) is 0.286. The summed E-state index contributed by atoms with van der Waals surface area (Å²) in [6, 6.07) is 4.50. The maximum absolute atomic E-state index is 13.4. The van der Waals surface area contributed by atoms with Crippen LogP contribution in [0.25, 0.3) is 5.69 Å². The molecule has 1 atom stereocenters. The first kappa shape index (κ1) is 21.5. The normalized spacial score (nSPS) is 14.4. The Bertz CT molecular complexity index is 1060. The summed E-state index contributed by atoms with van der Waals surface area (Å²) in [6.45, 7) is 1.04. The zero-order valence-electron chi connectivity index (χ0n) is 14.2. The summed E-state index contributed by atoms with van der Waals surface area (Å²) < 4.78 is 76.8. The van der Waals surface area contributed by atoms with Crippen molar-refractivity contribution in [2.24, 2.45) is 0 Å². The number of alkyl halides is 3. The summed E-state index contributed by atoms with van der Waals surface area (Å²) in [7, 11) is -3.92. The summed E-state index contributed by atoms with van der Waals surface area (Å²) in [5.41, 5.74) is -7.43. The summed E-state index contributed by atoms with van der Waals surface area (Å²) in [6.07, 6.45) is -5.55. The highest BCUT2D eigenvalue weighted by molar-refractivity contribution is 7.87. The van der Waals surface area contributed by atoms with Crippen LogP contribution in [0.4, 0.5) is 18.9 Å². The minimum atomic E-state index is -5.55. The number of nitrogens with one attached hydrogen (secondary N) is 2. The lowest BCUT2D eigenvalue weighted by molar-refractivity contribution is -0.267. The van der Waals surface area contributed by atoms with Crippen molar-refractivity contribution in [3.63, 3.8) is 0 Å². The molecular formula is C14H14F3N3O7S. The average Bonchev–Trinajstić information content (AvgIpc) is 2.86. The van der Waals surface area contributed by atoms with E-state index in [9.17, 15) is 36.3 Å². The van der Waals surface area contributed by atoms with Crippen molar-refractivity contribution in [2.75, 3.05) is 11.8 Å². The van der Waals surface area contributed by atoms with Gasteiger partial charge in [0.05, 0.1) is 24.0 Å². The molecule has 0 bridgehead atoms. The van der Waals surface area contributed by atoms with E-state index in [1.54, 1.807) is 4.72 Å². The Labute approximate surface area is 155 Å². The highest BCUT2D eigenvalue weighted by Gasteiger charge is 2.64. The molecule has 1 heterocycles. The van der Waals surface area contributed by atoms with Crippen molar-refractivity contribution < 1.29 is 40.8 Å². The molecule has 0 amide bonds. The first-order valence-corrected chi connectivity index (χ1v) is 8.71. The van der Waals surface area contributed by atoms with E-state index in [-0.39, 0.29) is 11.4 Å². The number of carbonyl (C=O) groups excluding carboxylic acids is 1. The molecule has 0 saturated heterocycles. The number of aliphatic hydroxyl groups is 1. The van der Waals surface area contributed by atoms with Gasteiger partial charge in [-0.15, -0.1) is 0 Å². The second kappa shape index (κ2) is 6.96. The van der Waals surface area contributed by atoms with E-state index in [4.69, 9.17) is 4.55 Å². The van der Waals surface area contributed by atoms with Crippen LogP contribution >= 0.6 is 0 Å². The topological polar surface area (TPSA) is 151 Å². The number of aryl methyl sites for hydroxylation is 1. The predicted molar refractivity (Wildman–Crippen MR) is 88.3 cm³/mol. The Hall–Kier alpha value is -2.84. The summed E-state index contributed by atoms with van der Waals surface area (Å²) >= 11 is 0. The monoisotopic (exact) mass is 425 g/mol. The predicted octanol–water partition coefficient (Wildman–Crippen LogP) is 0.612. The molecule has 1 aromatic heterocycles. The van der Waals surface area contributed by atoms with Crippen molar-refractivity contribution in [2.45, 2.75) is 18.7 Å². The first-order chi connectivity index (χ1) is 12.7. The van der Waals surface area contributed by atoms with E-state index in [1.807, 2.05) is 0 Å². The van der Waals surface area contributed by atoms with Gasteiger partial charge in [-0.05, 0) is 31.2 Å². The summed E-state index contributed by atoms with van der Waals surface area (Å²) in [5, 5.41) is 12.3. The number of H-pyrrole nitrogens is 1. The van der Waals surface area contributed by atoms with Gasteiger partial charge in [-0.25, -0.2) is 9.48 Å². The highest BCUT2D eigenvalue weighted by Crippen LogP contribution is 2.39. The number of methoxy groups -OCH3 is 1. The smallest absolute Gasteiger partial charge is 0.432 e. The molecule has 0 aliphatic heterocycles. The number of benzene rings is 1. The number of nitrogens with zero attached hydrogens (tertiary/aromatic N) is 1. The number of esters is 1. The highest BCUT2D eigenvalue weighted by atomic mass is 32.2. The molecule has 0 spiro atoms. The van der Waals surface area contributed by atoms with Gasteiger partial charge in [-0.1, -0.05) is 0 Å². The van der Waals surface area contributed by atoms with Crippen LogP contribution in [0.1, 0.15) is 11.3 Å². The second-order valence-corrected chi connectivity index (χ2v) is 6.73. The molecule has 0 aliphatic carbocycles. The molecule has 1 unspecified atom stereocenters. The second-order valence-electron chi connectivity index (χ2n) is 5.58. The lowest BCUT2D eigenvalue weighted by Gasteiger charge is -2.26. The largest absolute Gasteiger partial charge is 0.466 e. The van der Waals surface area contributed by atoms with E-state index in [2.05, 4.69) is 9.84 Å². The van der Waals surface area contributed by atoms with Crippen LogP contribution in [0.2, 0.25) is 0 Å². The van der Waals surface area contributed by atoms with Gasteiger partial charge < -0.3 is 9.84 Å². The lowest BCUT2D eigenvalue weighted by Crippen LogP contribution is -2.52. The van der Waals surface area contributed by atoms with Crippen LogP contribution in [0.5, 0.6) is 0 Å². The van der Waals surface area contributed by atoms with Crippen LogP contribution in [0.15, 0.2) is 29.1 Å². The van der Waals surface area contributed by atoms with E-state index >= 15 is 0 Å². The zero-order chi connectivity index (χ0) is 21.5. The molecule has 0 saturated carbocycles. The third kappa shape index (κ3) is 3.74. The number of ether oxygens (including phenoxy) is 1. The fourth-order valence-corrected chi connectivity index (χ4v) is 2.92. The molecule has 2 rings (SSSR count). The SMILES string of the molecule is COC(=O)C(O)(c1c(C)[nH]n(-c2ccc(NS(=O)(=O)O)cc2)c1=O)C(F)(F)F. The first-order valence-electron chi connectivity index (χ1n) is 7.27. The van der Waals surface area contributed by atoms with Gasteiger partial charge >= 0.3 is 22.4 Å². The average molecular weight is 425 g/mol. The van der Waals surface area contributed by atoms with Crippen molar-refractivity contribution in [3.8, 4) is 5.69 Å². The molecule has 28 heavy (non-hydrogen) atoms. The van der Waals surface area contributed by atoms with Crippen molar-refractivity contribution in [1.82, 2.24) is 9.78 Å². The van der Waals surface area contributed by atoms with Crippen LogP contribution in [-0.2, 0) is 25.4 Å². The molecule has 0 radical (unpaired) electrons. The van der Waals surface area contributed by atoms with Crippen LogP contribution in [-0.4, -0.2) is 47.1 Å². The van der Waals surface area contributed by atoms with Gasteiger partial charge in [0.15, 0.2) is 0 Å². The van der Waals surface area contributed by atoms with Crippen LogP contribution < -0.4 is 10.3 Å². The summed E-state index contributed by atoms with van der Waals surface area (Å²) in [5.74, 6) is -2.08. The molecule has 4 N–H and O–H groups in total. The van der Waals surface area contributed by atoms with Crippen LogP contribution in [0.3, 0.4) is 0 Å². The minimum Gasteiger partial charge on any atom is -0.466 e. The molecule has 0 aliphatic rings. The summed E-state index contributed by atoms with van der Waals surface area (Å²) in [4.78, 5) is 24.2. The molecule has 154 valence electrons. The number of carbonyl (C=O) groups is 1. The van der Waals surface area contributed by atoms with E-state index < -0.39 is 44.9 Å². The number of hydrogen-bond acceptors (Lipinski definition) is 6. The van der Waals surface area contributed by atoms with E-state index in [0.29, 0.717) is 11.8 Å². The zero-order valence-corrected chi connectivity index (χ0v) is 15.1. The van der Waals surface area contributed by atoms with Crippen molar-refractivity contribution >= 4 is 22.0 Å². The molecule has 0 fully saturated rings. The Morgan fingerprint density at radius 2 is 1.79 bits per heavy atom. The number of hydrogen-bond donors (Lipinski definition) is 4. The quantitative estimate of drug-likeness (QED) is 0.405. The van der Waals surface area contributed by atoms with Crippen molar-refractivity contribution in [1.29, 1.82) is 0 Å². The Morgan fingerprint density at radius 1 is 1.25 bits per heavy atom. The molecule has 10 nitrogen and oxygen atoms in total. The lowest BCUT2D eigenvalue weighted by atomic mass is 9.93. The number of anilines is 1. The fourth-order valence-electron chi connectivity index (χ4n) is 2.49. The Morgan fingerprint density at radius 3 is 2.21 bits per heavy atom. The van der Waals surface area contributed by atoms with Gasteiger partial charge in [0.2, 0.25) is 0 Å². The Balaban J connectivity index is 2.60.